The summed E-state index contributed by atoms with van der Waals surface area (Å²) in [6.45, 7) is 0. The van der Waals surface area contributed by atoms with Crippen LogP contribution in [0.4, 0.5) is 11.4 Å². The zero-order valence-electron chi connectivity index (χ0n) is 12.2. The Hall–Kier alpha value is -2.69. The van der Waals surface area contributed by atoms with E-state index in [-0.39, 0.29) is 5.97 Å². The largest absolute Gasteiger partial charge is 0.497 e. The van der Waals surface area contributed by atoms with Crippen LogP contribution in [0.2, 0.25) is 0 Å². The van der Waals surface area contributed by atoms with Gasteiger partial charge >= 0.3 is 5.97 Å². The van der Waals surface area contributed by atoms with Gasteiger partial charge in [-0.25, -0.2) is 4.79 Å². The van der Waals surface area contributed by atoms with Crippen molar-refractivity contribution in [3.63, 3.8) is 0 Å². The maximum absolute atomic E-state index is 11.4. The average molecular weight is 287 g/mol. The average Bonchev–Trinajstić information content (AvgIpc) is 2.55. The topological polar surface area (TPSA) is 56.8 Å². The van der Waals surface area contributed by atoms with Crippen LogP contribution in [0.5, 0.6) is 11.5 Å². The second kappa shape index (κ2) is 6.65. The monoisotopic (exact) mass is 287 g/mol. The first-order valence-electron chi connectivity index (χ1n) is 6.35. The molecule has 1 N–H and O–H groups in total. The maximum atomic E-state index is 11.4. The Morgan fingerprint density at radius 3 is 2.24 bits per heavy atom. The lowest BCUT2D eigenvalue weighted by atomic mass is 10.2. The van der Waals surface area contributed by atoms with Crippen LogP contribution < -0.4 is 14.8 Å². The van der Waals surface area contributed by atoms with E-state index in [1.165, 1.54) is 7.11 Å². The van der Waals surface area contributed by atoms with Gasteiger partial charge in [-0.2, -0.15) is 0 Å². The van der Waals surface area contributed by atoms with Crippen LogP contribution in [0.15, 0.2) is 42.5 Å². The zero-order valence-corrected chi connectivity index (χ0v) is 12.2. The Balaban J connectivity index is 2.20. The van der Waals surface area contributed by atoms with Gasteiger partial charge in [0.25, 0.3) is 0 Å². The molecule has 5 nitrogen and oxygen atoms in total. The molecule has 0 aliphatic heterocycles. The molecule has 2 rings (SSSR count). The minimum atomic E-state index is -0.358. The van der Waals surface area contributed by atoms with Crippen LogP contribution in [-0.2, 0) is 4.74 Å². The normalized spacial score (nSPS) is 9.86. The highest BCUT2D eigenvalue weighted by Crippen LogP contribution is 2.31. The van der Waals surface area contributed by atoms with Crippen molar-refractivity contribution in [1.82, 2.24) is 0 Å². The Bertz CT molecular complexity index is 623. The molecule has 110 valence electrons. The van der Waals surface area contributed by atoms with E-state index >= 15 is 0 Å². The van der Waals surface area contributed by atoms with Gasteiger partial charge in [-0.1, -0.05) is 0 Å². The van der Waals surface area contributed by atoms with Crippen LogP contribution >= 0.6 is 0 Å². The minimum Gasteiger partial charge on any atom is -0.497 e. The van der Waals surface area contributed by atoms with Crippen molar-refractivity contribution in [1.29, 1.82) is 0 Å². The molecule has 0 heterocycles. The fourth-order valence-corrected chi connectivity index (χ4v) is 1.86. The smallest absolute Gasteiger partial charge is 0.337 e. The summed E-state index contributed by atoms with van der Waals surface area (Å²) < 4.78 is 15.1. The Kier molecular flexibility index (Phi) is 4.66. The number of anilines is 2. The highest BCUT2D eigenvalue weighted by molar-refractivity contribution is 5.89. The number of hydrogen-bond acceptors (Lipinski definition) is 5. The van der Waals surface area contributed by atoms with Gasteiger partial charge in [-0.3, -0.25) is 0 Å². The SMILES string of the molecule is COC(=O)c1ccc(Nc2ccc(OC)cc2OC)cc1. The molecule has 0 saturated heterocycles. The first kappa shape index (κ1) is 14.7. The third-order valence-corrected chi connectivity index (χ3v) is 2.99. The summed E-state index contributed by atoms with van der Waals surface area (Å²) in [5.74, 6) is 1.04. The summed E-state index contributed by atoms with van der Waals surface area (Å²) in [4.78, 5) is 11.4. The van der Waals surface area contributed by atoms with Crippen molar-refractivity contribution in [2.75, 3.05) is 26.6 Å². The molecule has 0 amide bonds. The van der Waals surface area contributed by atoms with E-state index in [9.17, 15) is 4.79 Å². The lowest BCUT2D eigenvalue weighted by molar-refractivity contribution is 0.0601. The lowest BCUT2D eigenvalue weighted by Gasteiger charge is -2.12. The first-order chi connectivity index (χ1) is 10.2. The number of ether oxygens (including phenoxy) is 3. The van der Waals surface area contributed by atoms with Crippen LogP contribution in [-0.4, -0.2) is 27.3 Å². The van der Waals surface area contributed by atoms with E-state index in [1.54, 1.807) is 44.6 Å². The molecule has 0 bridgehead atoms. The molecule has 5 heteroatoms. The van der Waals surface area contributed by atoms with Gasteiger partial charge in [0, 0.05) is 11.8 Å². The molecule has 0 fully saturated rings. The molecule has 0 aromatic heterocycles. The molecule has 0 aliphatic rings. The fourth-order valence-electron chi connectivity index (χ4n) is 1.86. The first-order valence-corrected chi connectivity index (χ1v) is 6.35. The number of hydrogen-bond donors (Lipinski definition) is 1. The lowest BCUT2D eigenvalue weighted by Crippen LogP contribution is -2.01. The van der Waals surface area contributed by atoms with Crippen molar-refractivity contribution in [2.24, 2.45) is 0 Å². The third-order valence-electron chi connectivity index (χ3n) is 2.99. The predicted molar refractivity (Wildman–Crippen MR) is 80.6 cm³/mol. The number of nitrogens with one attached hydrogen (secondary N) is 1. The van der Waals surface area contributed by atoms with E-state index in [0.29, 0.717) is 11.3 Å². The summed E-state index contributed by atoms with van der Waals surface area (Å²) in [7, 11) is 4.56. The van der Waals surface area contributed by atoms with Crippen molar-refractivity contribution in [3.8, 4) is 11.5 Å². The molecule has 0 aliphatic carbocycles. The second-order valence-electron chi connectivity index (χ2n) is 4.26. The van der Waals surface area contributed by atoms with Crippen LogP contribution in [0.3, 0.4) is 0 Å². The van der Waals surface area contributed by atoms with Gasteiger partial charge in [-0.05, 0) is 36.4 Å². The molecule has 0 saturated carbocycles. The minimum absolute atomic E-state index is 0.358. The number of benzene rings is 2. The number of methoxy groups -OCH3 is 3. The van der Waals surface area contributed by atoms with E-state index < -0.39 is 0 Å². The van der Waals surface area contributed by atoms with E-state index in [0.717, 1.165) is 17.1 Å². The molecule has 0 radical (unpaired) electrons. The van der Waals surface area contributed by atoms with Gasteiger partial charge in [0.1, 0.15) is 11.5 Å². The van der Waals surface area contributed by atoms with Crippen molar-refractivity contribution in [3.05, 3.63) is 48.0 Å². The number of carbonyl (C=O) groups is 1. The molecule has 0 spiro atoms. The van der Waals surface area contributed by atoms with Crippen molar-refractivity contribution < 1.29 is 19.0 Å². The Morgan fingerprint density at radius 1 is 0.952 bits per heavy atom. The molecular formula is C16H17NO4. The summed E-state index contributed by atoms with van der Waals surface area (Å²) in [6, 6.07) is 12.5. The zero-order chi connectivity index (χ0) is 15.2. The number of esters is 1. The molecular weight excluding hydrogens is 270 g/mol. The van der Waals surface area contributed by atoms with E-state index in [1.807, 2.05) is 12.1 Å². The van der Waals surface area contributed by atoms with Crippen molar-refractivity contribution >= 4 is 17.3 Å². The Labute approximate surface area is 123 Å². The van der Waals surface area contributed by atoms with Gasteiger partial charge < -0.3 is 19.5 Å². The molecule has 2 aromatic rings. The van der Waals surface area contributed by atoms with Gasteiger partial charge in [0.05, 0.1) is 32.6 Å². The quantitative estimate of drug-likeness (QED) is 0.856. The van der Waals surface area contributed by atoms with E-state index in [2.05, 4.69) is 10.1 Å². The summed E-state index contributed by atoms with van der Waals surface area (Å²) in [5, 5.41) is 3.23. The van der Waals surface area contributed by atoms with Crippen LogP contribution in [0.25, 0.3) is 0 Å². The van der Waals surface area contributed by atoms with Crippen LogP contribution in [0.1, 0.15) is 10.4 Å². The summed E-state index contributed by atoms with van der Waals surface area (Å²) in [5.41, 5.74) is 2.15. The molecule has 0 atom stereocenters. The number of carbonyl (C=O) groups excluding carboxylic acids is 1. The highest BCUT2D eigenvalue weighted by Gasteiger charge is 2.07. The summed E-state index contributed by atoms with van der Waals surface area (Å²) in [6.07, 6.45) is 0. The van der Waals surface area contributed by atoms with E-state index in [4.69, 9.17) is 9.47 Å². The standard InChI is InChI=1S/C16H17NO4/c1-19-13-8-9-14(15(10-13)20-2)17-12-6-4-11(5-7-12)16(18)21-3/h4-10,17H,1-3H3. The van der Waals surface area contributed by atoms with Gasteiger partial charge in [0.2, 0.25) is 0 Å². The molecule has 0 unspecified atom stereocenters. The highest BCUT2D eigenvalue weighted by atomic mass is 16.5. The maximum Gasteiger partial charge on any atom is 0.337 e. The molecule has 2 aromatic carbocycles. The second-order valence-corrected chi connectivity index (χ2v) is 4.26. The third kappa shape index (κ3) is 3.45. The Morgan fingerprint density at radius 2 is 1.67 bits per heavy atom. The molecule has 21 heavy (non-hydrogen) atoms. The van der Waals surface area contributed by atoms with Gasteiger partial charge in [0.15, 0.2) is 0 Å². The number of rotatable bonds is 5. The van der Waals surface area contributed by atoms with Crippen LogP contribution in [0, 0.1) is 0 Å². The summed E-state index contributed by atoms with van der Waals surface area (Å²) >= 11 is 0. The van der Waals surface area contributed by atoms with Crippen molar-refractivity contribution in [2.45, 2.75) is 0 Å². The predicted octanol–water partition coefficient (Wildman–Crippen LogP) is 3.23. The van der Waals surface area contributed by atoms with Gasteiger partial charge in [-0.15, -0.1) is 0 Å². The fraction of sp³-hybridized carbons (Fsp3) is 0.188.